The van der Waals surface area contributed by atoms with E-state index >= 15 is 0 Å². The van der Waals surface area contributed by atoms with E-state index < -0.39 is 16.8 Å². The fraction of sp³-hybridized carbons (Fsp3) is 0.200. The Kier molecular flexibility index (Phi) is 3.56. The van der Waals surface area contributed by atoms with Crippen molar-refractivity contribution in [3.05, 3.63) is 53.9 Å². The first-order valence-electron chi connectivity index (χ1n) is 5.46. The number of hydrogen-bond acceptors (Lipinski definition) is 1. The van der Waals surface area contributed by atoms with Crippen molar-refractivity contribution in [2.45, 2.75) is 11.0 Å². The molecule has 0 amide bonds. The molecular weight excluding hydrogens is 251 g/mol. The Labute approximate surface area is 111 Å². The summed E-state index contributed by atoms with van der Waals surface area (Å²) in [6.45, 7) is 0. The first-order chi connectivity index (χ1) is 8.65. The van der Waals surface area contributed by atoms with Gasteiger partial charge in [0.15, 0.2) is 5.60 Å². The molecular formula is C15H12ClFO. The largest absolute Gasteiger partial charge is 0.359 e. The molecule has 2 atom stereocenters. The zero-order valence-electron chi connectivity index (χ0n) is 9.86. The van der Waals surface area contributed by atoms with E-state index in [9.17, 15) is 4.39 Å². The van der Waals surface area contributed by atoms with E-state index in [1.54, 1.807) is 12.1 Å². The molecule has 1 nitrogen and oxygen atoms in total. The molecule has 2 rings (SSSR count). The Balaban J connectivity index is 2.66. The minimum atomic E-state index is -1.28. The lowest BCUT2D eigenvalue weighted by Crippen LogP contribution is -2.42. The van der Waals surface area contributed by atoms with E-state index in [0.29, 0.717) is 11.1 Å². The molecule has 1 aliphatic rings. The monoisotopic (exact) mass is 262 g/mol. The molecule has 0 fully saturated rings. The lowest BCUT2D eigenvalue weighted by atomic mass is 9.82. The van der Waals surface area contributed by atoms with Gasteiger partial charge in [0, 0.05) is 12.7 Å². The SMILES string of the molecule is C#CC1(OC)C(c2ccccc2)=C(F)C=CC1Cl. The molecule has 0 radical (unpaired) electrons. The minimum Gasteiger partial charge on any atom is -0.359 e. The molecule has 0 saturated carbocycles. The van der Waals surface area contributed by atoms with Gasteiger partial charge < -0.3 is 4.74 Å². The van der Waals surface area contributed by atoms with E-state index in [4.69, 9.17) is 22.8 Å². The highest BCUT2D eigenvalue weighted by Crippen LogP contribution is 2.41. The van der Waals surface area contributed by atoms with Gasteiger partial charge in [0.05, 0.1) is 5.38 Å². The maximum absolute atomic E-state index is 14.1. The van der Waals surface area contributed by atoms with Crippen LogP contribution in [0.5, 0.6) is 0 Å². The number of benzene rings is 1. The van der Waals surface area contributed by atoms with Crippen LogP contribution in [-0.2, 0) is 4.74 Å². The highest BCUT2D eigenvalue weighted by Gasteiger charge is 2.43. The van der Waals surface area contributed by atoms with Crippen LogP contribution in [0.3, 0.4) is 0 Å². The molecule has 0 bridgehead atoms. The molecule has 0 aromatic heterocycles. The molecule has 3 heteroatoms. The third-order valence-corrected chi connectivity index (χ3v) is 3.46. The zero-order chi connectivity index (χ0) is 13.2. The van der Waals surface area contributed by atoms with Gasteiger partial charge in [-0.05, 0) is 11.6 Å². The maximum atomic E-state index is 14.1. The lowest BCUT2D eigenvalue weighted by Gasteiger charge is -2.35. The summed E-state index contributed by atoms with van der Waals surface area (Å²) in [7, 11) is 1.44. The van der Waals surface area contributed by atoms with E-state index in [-0.39, 0.29) is 0 Å². The fourth-order valence-corrected chi connectivity index (χ4v) is 2.42. The second kappa shape index (κ2) is 4.97. The molecule has 18 heavy (non-hydrogen) atoms. The minimum absolute atomic E-state index is 0.301. The molecule has 0 spiro atoms. The Hall–Kier alpha value is -1.56. The number of hydrogen-bond donors (Lipinski definition) is 0. The summed E-state index contributed by atoms with van der Waals surface area (Å²) >= 11 is 6.19. The summed E-state index contributed by atoms with van der Waals surface area (Å²) in [6.07, 6.45) is 8.37. The van der Waals surface area contributed by atoms with E-state index in [1.807, 2.05) is 18.2 Å². The van der Waals surface area contributed by atoms with Crippen LogP contribution in [0.4, 0.5) is 4.39 Å². The summed E-state index contributed by atoms with van der Waals surface area (Å²) in [6, 6.07) is 9.04. The fourth-order valence-electron chi connectivity index (χ4n) is 2.09. The van der Waals surface area contributed by atoms with Crippen molar-refractivity contribution in [2.24, 2.45) is 0 Å². The number of allylic oxidation sites excluding steroid dienone is 2. The highest BCUT2D eigenvalue weighted by molar-refractivity contribution is 6.24. The number of halogens is 2. The number of alkyl halides is 1. The van der Waals surface area contributed by atoms with Gasteiger partial charge in [-0.25, -0.2) is 4.39 Å². The Morgan fingerprint density at radius 3 is 2.61 bits per heavy atom. The average Bonchev–Trinajstić information content (AvgIpc) is 2.42. The second-order valence-electron chi connectivity index (χ2n) is 3.93. The Morgan fingerprint density at radius 2 is 2.06 bits per heavy atom. The van der Waals surface area contributed by atoms with Gasteiger partial charge in [0.25, 0.3) is 0 Å². The molecule has 0 heterocycles. The third kappa shape index (κ3) is 1.86. The second-order valence-corrected chi connectivity index (χ2v) is 4.40. The number of rotatable bonds is 2. The Bertz CT molecular complexity index is 541. The van der Waals surface area contributed by atoms with E-state index in [2.05, 4.69) is 5.92 Å². The summed E-state index contributed by atoms with van der Waals surface area (Å²) in [5, 5.41) is -0.609. The van der Waals surface area contributed by atoms with Crippen LogP contribution in [-0.4, -0.2) is 18.1 Å². The van der Waals surface area contributed by atoms with Crippen molar-refractivity contribution in [1.29, 1.82) is 0 Å². The van der Waals surface area contributed by atoms with Gasteiger partial charge in [-0.2, -0.15) is 0 Å². The zero-order valence-corrected chi connectivity index (χ0v) is 10.6. The van der Waals surface area contributed by atoms with Crippen molar-refractivity contribution in [3.63, 3.8) is 0 Å². The van der Waals surface area contributed by atoms with Crippen LogP contribution in [0.25, 0.3) is 5.57 Å². The van der Waals surface area contributed by atoms with Crippen LogP contribution < -0.4 is 0 Å². The van der Waals surface area contributed by atoms with E-state index in [1.165, 1.54) is 19.3 Å². The summed E-state index contributed by atoms with van der Waals surface area (Å²) in [4.78, 5) is 0. The standard InChI is InChI=1S/C15H12ClFO/c1-3-15(18-2)13(16)10-9-12(17)14(15)11-7-5-4-6-8-11/h1,4-10,13H,2H3. The van der Waals surface area contributed by atoms with Gasteiger partial charge in [0.2, 0.25) is 0 Å². The van der Waals surface area contributed by atoms with Crippen molar-refractivity contribution in [3.8, 4) is 12.3 Å². The van der Waals surface area contributed by atoms with Crippen LogP contribution in [0.2, 0.25) is 0 Å². The van der Waals surface area contributed by atoms with Crippen LogP contribution in [0.15, 0.2) is 48.3 Å². The number of terminal acetylenes is 1. The van der Waals surface area contributed by atoms with Gasteiger partial charge in [-0.15, -0.1) is 18.0 Å². The molecule has 0 saturated heterocycles. The summed E-state index contributed by atoms with van der Waals surface area (Å²) in [5.41, 5.74) is -0.303. The smallest absolute Gasteiger partial charge is 0.176 e. The number of methoxy groups -OCH3 is 1. The average molecular weight is 263 g/mol. The van der Waals surface area contributed by atoms with E-state index in [0.717, 1.165) is 0 Å². The molecule has 1 aliphatic carbocycles. The molecule has 0 N–H and O–H groups in total. The third-order valence-electron chi connectivity index (χ3n) is 3.01. The van der Waals surface area contributed by atoms with Crippen molar-refractivity contribution < 1.29 is 9.13 Å². The molecule has 92 valence electrons. The molecule has 0 aliphatic heterocycles. The van der Waals surface area contributed by atoms with Crippen molar-refractivity contribution in [2.75, 3.05) is 7.11 Å². The Morgan fingerprint density at radius 1 is 1.39 bits per heavy atom. The van der Waals surface area contributed by atoms with Gasteiger partial charge >= 0.3 is 0 Å². The molecule has 1 aromatic carbocycles. The predicted molar refractivity (Wildman–Crippen MR) is 71.8 cm³/mol. The van der Waals surface area contributed by atoms with Gasteiger partial charge in [0.1, 0.15) is 5.83 Å². The first kappa shape index (κ1) is 12.9. The predicted octanol–water partition coefficient (Wildman–Crippen LogP) is 3.56. The first-order valence-corrected chi connectivity index (χ1v) is 5.90. The molecule has 1 aromatic rings. The lowest BCUT2D eigenvalue weighted by molar-refractivity contribution is 0.0942. The van der Waals surface area contributed by atoms with Crippen LogP contribution >= 0.6 is 11.6 Å². The van der Waals surface area contributed by atoms with Gasteiger partial charge in [-0.1, -0.05) is 42.3 Å². The highest BCUT2D eigenvalue weighted by atomic mass is 35.5. The quantitative estimate of drug-likeness (QED) is 0.585. The topological polar surface area (TPSA) is 9.23 Å². The van der Waals surface area contributed by atoms with Crippen molar-refractivity contribution >= 4 is 17.2 Å². The van der Waals surface area contributed by atoms with Gasteiger partial charge in [-0.3, -0.25) is 0 Å². The van der Waals surface area contributed by atoms with Crippen molar-refractivity contribution in [1.82, 2.24) is 0 Å². The summed E-state index contributed by atoms with van der Waals surface area (Å²) in [5.74, 6) is 2.07. The maximum Gasteiger partial charge on any atom is 0.176 e. The van der Waals surface area contributed by atoms with Crippen LogP contribution in [0, 0.1) is 12.3 Å². The molecule has 2 unspecified atom stereocenters. The van der Waals surface area contributed by atoms with Crippen LogP contribution in [0.1, 0.15) is 5.56 Å². The normalized spacial score (nSPS) is 27.1. The number of ether oxygens (including phenoxy) is 1. The summed E-state index contributed by atoms with van der Waals surface area (Å²) < 4.78 is 19.5.